The van der Waals surface area contributed by atoms with E-state index in [0.29, 0.717) is 24.0 Å². The van der Waals surface area contributed by atoms with Crippen LogP contribution in [-0.2, 0) is 4.74 Å². The smallest absolute Gasteiger partial charge is 0.156 e. The monoisotopic (exact) mass is 270 g/mol. The average Bonchev–Trinajstić information content (AvgIpc) is 2.84. The molecule has 0 radical (unpaired) electrons. The lowest BCUT2D eigenvalue weighted by Gasteiger charge is -2.28. The van der Waals surface area contributed by atoms with Gasteiger partial charge >= 0.3 is 0 Å². The van der Waals surface area contributed by atoms with Crippen molar-refractivity contribution < 1.29 is 4.74 Å². The third-order valence-corrected chi connectivity index (χ3v) is 4.96. The van der Waals surface area contributed by atoms with Crippen molar-refractivity contribution in [3.63, 3.8) is 0 Å². The molecule has 0 bridgehead atoms. The lowest BCUT2D eigenvalue weighted by molar-refractivity contribution is 0.0893. The zero-order valence-electron chi connectivity index (χ0n) is 11.8. The second kappa shape index (κ2) is 6.80. The van der Waals surface area contributed by atoms with E-state index in [-0.39, 0.29) is 0 Å². The minimum absolute atomic E-state index is 0.434. The number of hydrogen-bond donors (Lipinski definition) is 1. The van der Waals surface area contributed by atoms with Crippen molar-refractivity contribution in [2.75, 3.05) is 18.9 Å². The number of aliphatic imine (C=N–C) groups is 1. The predicted molar refractivity (Wildman–Crippen MR) is 79.3 cm³/mol. The van der Waals surface area contributed by atoms with E-state index in [1.807, 2.05) is 11.8 Å². The summed E-state index contributed by atoms with van der Waals surface area (Å²) in [6.07, 6.45) is 3.98. The summed E-state index contributed by atoms with van der Waals surface area (Å²) in [6.45, 7) is 8.62. The van der Waals surface area contributed by atoms with E-state index < -0.39 is 0 Å². The fourth-order valence-corrected chi connectivity index (χ4v) is 3.66. The lowest BCUT2D eigenvalue weighted by atomic mass is 10.00. The molecule has 4 heteroatoms. The van der Waals surface area contributed by atoms with Crippen molar-refractivity contribution in [2.45, 2.75) is 52.2 Å². The number of nitrogens with one attached hydrogen (secondary N) is 1. The summed E-state index contributed by atoms with van der Waals surface area (Å²) in [7, 11) is 0. The third kappa shape index (κ3) is 3.64. The minimum Gasteiger partial charge on any atom is -0.378 e. The molecule has 0 aromatic rings. The second-order valence-electron chi connectivity index (χ2n) is 5.64. The highest BCUT2D eigenvalue weighted by Gasteiger charge is 2.27. The van der Waals surface area contributed by atoms with Gasteiger partial charge in [-0.2, -0.15) is 0 Å². The van der Waals surface area contributed by atoms with E-state index in [0.717, 1.165) is 24.7 Å². The topological polar surface area (TPSA) is 33.6 Å². The highest BCUT2D eigenvalue weighted by atomic mass is 32.2. The number of ether oxygens (including phenoxy) is 1. The predicted octanol–water partition coefficient (Wildman–Crippen LogP) is 2.91. The zero-order valence-corrected chi connectivity index (χ0v) is 12.6. The molecule has 2 aliphatic heterocycles. The Morgan fingerprint density at radius 1 is 1.44 bits per heavy atom. The molecule has 0 amide bonds. The molecule has 104 valence electrons. The number of hydrogen-bond acceptors (Lipinski definition) is 3. The zero-order chi connectivity index (χ0) is 13.0. The van der Waals surface area contributed by atoms with Crippen LogP contribution in [0.3, 0.4) is 0 Å². The van der Waals surface area contributed by atoms with Gasteiger partial charge in [-0.25, -0.2) is 0 Å². The van der Waals surface area contributed by atoms with Crippen LogP contribution in [0.4, 0.5) is 0 Å². The van der Waals surface area contributed by atoms with Crippen LogP contribution in [-0.4, -0.2) is 36.2 Å². The van der Waals surface area contributed by atoms with Gasteiger partial charge in [0.05, 0.1) is 6.10 Å². The molecule has 0 aromatic heterocycles. The van der Waals surface area contributed by atoms with E-state index in [1.54, 1.807) is 0 Å². The Balaban J connectivity index is 1.85. The Morgan fingerprint density at radius 3 is 3.00 bits per heavy atom. The summed E-state index contributed by atoms with van der Waals surface area (Å²) in [6, 6.07) is 0.604. The van der Waals surface area contributed by atoms with Gasteiger partial charge in [0.25, 0.3) is 0 Å². The molecule has 2 aliphatic rings. The molecule has 0 spiro atoms. The normalized spacial score (nSPS) is 35.1. The lowest BCUT2D eigenvalue weighted by Crippen LogP contribution is -2.41. The molecule has 3 unspecified atom stereocenters. The molecule has 2 heterocycles. The van der Waals surface area contributed by atoms with Gasteiger partial charge in [0.1, 0.15) is 0 Å². The summed E-state index contributed by atoms with van der Waals surface area (Å²) in [5.74, 6) is 2.52. The summed E-state index contributed by atoms with van der Waals surface area (Å²) in [4.78, 5) is 4.78. The van der Waals surface area contributed by atoms with E-state index in [2.05, 4.69) is 26.1 Å². The Labute approximate surface area is 115 Å². The standard InChI is InChI=1S/C14H26N2OS/c1-4-13-11(5-7-17-13)9-15-14-16-12(10(2)3)6-8-18-14/h10-13H,4-9H2,1-3H3,(H,15,16). The van der Waals surface area contributed by atoms with Gasteiger partial charge < -0.3 is 10.1 Å². The molecule has 3 atom stereocenters. The summed E-state index contributed by atoms with van der Waals surface area (Å²) < 4.78 is 5.72. The fourth-order valence-electron chi connectivity index (χ4n) is 2.70. The molecule has 0 saturated carbocycles. The molecule has 18 heavy (non-hydrogen) atoms. The maximum absolute atomic E-state index is 5.72. The van der Waals surface area contributed by atoms with Gasteiger partial charge in [0.15, 0.2) is 5.17 Å². The summed E-state index contributed by atoms with van der Waals surface area (Å²) >= 11 is 1.87. The van der Waals surface area contributed by atoms with Gasteiger partial charge in [-0.3, -0.25) is 4.99 Å². The van der Waals surface area contributed by atoms with Gasteiger partial charge in [0, 0.05) is 30.9 Å². The van der Waals surface area contributed by atoms with E-state index in [1.165, 1.54) is 18.6 Å². The van der Waals surface area contributed by atoms with Crippen LogP contribution in [0, 0.1) is 11.8 Å². The molecule has 2 saturated heterocycles. The molecule has 2 fully saturated rings. The van der Waals surface area contributed by atoms with Crippen molar-refractivity contribution in [3.8, 4) is 0 Å². The number of nitrogens with zero attached hydrogens (tertiary/aromatic N) is 1. The molecule has 1 N–H and O–H groups in total. The first kappa shape index (κ1) is 14.2. The van der Waals surface area contributed by atoms with Gasteiger partial charge in [-0.05, 0) is 25.2 Å². The Bertz CT molecular complexity index is 294. The summed E-state index contributed by atoms with van der Waals surface area (Å²) in [5.41, 5.74) is 0. The quantitative estimate of drug-likeness (QED) is 0.853. The van der Waals surface area contributed by atoms with Crippen LogP contribution >= 0.6 is 11.8 Å². The van der Waals surface area contributed by atoms with Crippen molar-refractivity contribution in [2.24, 2.45) is 16.8 Å². The first-order valence-electron chi connectivity index (χ1n) is 7.26. The van der Waals surface area contributed by atoms with Crippen LogP contribution in [0.5, 0.6) is 0 Å². The van der Waals surface area contributed by atoms with Crippen molar-refractivity contribution in [1.29, 1.82) is 0 Å². The van der Waals surface area contributed by atoms with Crippen molar-refractivity contribution in [1.82, 2.24) is 5.32 Å². The van der Waals surface area contributed by atoms with E-state index in [9.17, 15) is 0 Å². The summed E-state index contributed by atoms with van der Waals surface area (Å²) in [5, 5.41) is 4.74. The van der Waals surface area contributed by atoms with Crippen LogP contribution in [0.2, 0.25) is 0 Å². The minimum atomic E-state index is 0.434. The molecular weight excluding hydrogens is 244 g/mol. The Morgan fingerprint density at radius 2 is 2.28 bits per heavy atom. The highest BCUT2D eigenvalue weighted by molar-refractivity contribution is 8.13. The fraction of sp³-hybridized carbons (Fsp3) is 0.929. The average molecular weight is 270 g/mol. The largest absolute Gasteiger partial charge is 0.378 e. The number of rotatable bonds is 4. The highest BCUT2D eigenvalue weighted by Crippen LogP contribution is 2.25. The first-order chi connectivity index (χ1) is 8.70. The van der Waals surface area contributed by atoms with E-state index in [4.69, 9.17) is 9.73 Å². The van der Waals surface area contributed by atoms with E-state index >= 15 is 0 Å². The van der Waals surface area contributed by atoms with Crippen LogP contribution < -0.4 is 5.32 Å². The molecule has 3 nitrogen and oxygen atoms in total. The van der Waals surface area contributed by atoms with Crippen LogP contribution in [0.25, 0.3) is 0 Å². The maximum Gasteiger partial charge on any atom is 0.156 e. The van der Waals surface area contributed by atoms with Crippen LogP contribution in [0.15, 0.2) is 4.99 Å². The van der Waals surface area contributed by atoms with Gasteiger partial charge in [-0.1, -0.05) is 32.5 Å². The van der Waals surface area contributed by atoms with Gasteiger partial charge in [0.2, 0.25) is 0 Å². The second-order valence-corrected chi connectivity index (χ2v) is 6.73. The number of amidine groups is 1. The maximum atomic E-state index is 5.72. The SMILES string of the molecule is CCC1OCCC1CN=C1NC(C(C)C)CCS1. The third-order valence-electron chi connectivity index (χ3n) is 4.00. The van der Waals surface area contributed by atoms with Crippen molar-refractivity contribution >= 4 is 16.9 Å². The Kier molecular flexibility index (Phi) is 5.37. The molecule has 2 rings (SSSR count). The Hall–Kier alpha value is -0.220. The molecule has 0 aliphatic carbocycles. The number of thioether (sulfide) groups is 1. The van der Waals surface area contributed by atoms with Crippen LogP contribution in [0.1, 0.15) is 40.0 Å². The molecule has 0 aromatic carbocycles. The van der Waals surface area contributed by atoms with Crippen molar-refractivity contribution in [3.05, 3.63) is 0 Å². The first-order valence-corrected chi connectivity index (χ1v) is 8.24. The molecular formula is C14H26N2OS. The van der Waals surface area contributed by atoms with Gasteiger partial charge in [-0.15, -0.1) is 0 Å².